The summed E-state index contributed by atoms with van der Waals surface area (Å²) in [4.78, 5) is 22.8. The average molecular weight is 254 g/mol. The lowest BCUT2D eigenvalue weighted by Gasteiger charge is -2.14. The maximum absolute atomic E-state index is 13.4. The van der Waals surface area contributed by atoms with E-state index in [4.69, 9.17) is 0 Å². The molecule has 2 amide bonds. The number of benzene rings is 1. The van der Waals surface area contributed by atoms with E-state index < -0.39 is 0 Å². The van der Waals surface area contributed by atoms with Crippen molar-refractivity contribution in [1.29, 1.82) is 0 Å². The van der Waals surface area contributed by atoms with Crippen LogP contribution in [-0.2, 0) is 16.1 Å². The van der Waals surface area contributed by atoms with Gasteiger partial charge < -0.3 is 4.90 Å². The highest BCUT2D eigenvalue weighted by Gasteiger charge is 2.12. The van der Waals surface area contributed by atoms with Crippen molar-refractivity contribution in [1.82, 2.24) is 10.9 Å². The number of nitrogens with one attached hydrogen (secondary N) is 3. The van der Waals surface area contributed by atoms with E-state index in [1.165, 1.54) is 13.0 Å². The van der Waals surface area contributed by atoms with Crippen LogP contribution in [-0.4, -0.2) is 25.4 Å². The number of amides is 2. The van der Waals surface area contributed by atoms with Crippen molar-refractivity contribution in [2.75, 3.05) is 13.6 Å². The summed E-state index contributed by atoms with van der Waals surface area (Å²) >= 11 is 0. The Hall–Kier alpha value is -1.95. The summed E-state index contributed by atoms with van der Waals surface area (Å²) in [6, 6.07) is 6.45. The zero-order chi connectivity index (χ0) is 13.5. The van der Waals surface area contributed by atoms with Gasteiger partial charge in [0.1, 0.15) is 12.4 Å². The predicted molar refractivity (Wildman–Crippen MR) is 63.8 cm³/mol. The van der Waals surface area contributed by atoms with E-state index in [0.717, 1.165) is 4.90 Å². The highest BCUT2D eigenvalue weighted by molar-refractivity contribution is 5.81. The van der Waals surface area contributed by atoms with Gasteiger partial charge in [0.25, 0.3) is 5.91 Å². The van der Waals surface area contributed by atoms with Crippen LogP contribution in [0, 0.1) is 5.82 Å². The Morgan fingerprint density at radius 3 is 2.56 bits per heavy atom. The minimum absolute atomic E-state index is 0.147. The number of carbonyl (C=O) groups is 2. The monoisotopic (exact) mass is 254 g/mol. The molecular formula is C12H17FN3O2+. The molecule has 1 unspecified atom stereocenters. The number of hydrogen-bond acceptors (Lipinski definition) is 2. The molecule has 3 N–H and O–H groups in total. The molecule has 0 aliphatic rings. The fourth-order valence-corrected chi connectivity index (χ4v) is 1.51. The van der Waals surface area contributed by atoms with Crippen LogP contribution in [0.2, 0.25) is 0 Å². The number of halogens is 1. The van der Waals surface area contributed by atoms with Gasteiger partial charge >= 0.3 is 0 Å². The topological polar surface area (TPSA) is 62.6 Å². The molecule has 6 heteroatoms. The number of hydrazine groups is 1. The number of likely N-dealkylation sites (N-methyl/N-ethyl adjacent to an activating group) is 1. The van der Waals surface area contributed by atoms with E-state index in [1.54, 1.807) is 25.2 Å². The molecule has 98 valence electrons. The first-order chi connectivity index (χ1) is 8.49. The van der Waals surface area contributed by atoms with E-state index in [2.05, 4.69) is 10.9 Å². The maximum atomic E-state index is 13.4. The molecule has 0 saturated heterocycles. The van der Waals surface area contributed by atoms with Crippen LogP contribution in [0.25, 0.3) is 0 Å². The Morgan fingerprint density at radius 2 is 1.94 bits per heavy atom. The smallest absolute Gasteiger partial charge is 0.293 e. The summed E-state index contributed by atoms with van der Waals surface area (Å²) < 4.78 is 13.4. The Bertz CT molecular complexity index is 437. The molecule has 5 nitrogen and oxygen atoms in total. The van der Waals surface area contributed by atoms with Gasteiger partial charge in [0.05, 0.1) is 7.05 Å². The minimum Gasteiger partial charge on any atom is -0.326 e. The van der Waals surface area contributed by atoms with Crippen LogP contribution in [0.1, 0.15) is 12.5 Å². The van der Waals surface area contributed by atoms with Crippen LogP contribution < -0.4 is 15.8 Å². The largest absolute Gasteiger partial charge is 0.326 e. The number of carbonyl (C=O) groups excluding carboxylic acids is 2. The van der Waals surface area contributed by atoms with Gasteiger partial charge in [-0.3, -0.25) is 20.4 Å². The second-order valence-corrected chi connectivity index (χ2v) is 4.13. The summed E-state index contributed by atoms with van der Waals surface area (Å²) in [5, 5.41) is 0. The molecule has 1 aromatic rings. The van der Waals surface area contributed by atoms with Gasteiger partial charge in [0.15, 0.2) is 6.54 Å². The van der Waals surface area contributed by atoms with Crippen molar-refractivity contribution in [3.63, 3.8) is 0 Å². The molecule has 18 heavy (non-hydrogen) atoms. The molecule has 0 spiro atoms. The van der Waals surface area contributed by atoms with Crippen LogP contribution in [0.15, 0.2) is 24.3 Å². The molecule has 0 aromatic heterocycles. The van der Waals surface area contributed by atoms with Crippen LogP contribution >= 0.6 is 0 Å². The molecule has 0 fully saturated rings. The van der Waals surface area contributed by atoms with Gasteiger partial charge in [-0.25, -0.2) is 4.39 Å². The van der Waals surface area contributed by atoms with Crippen LogP contribution in [0.5, 0.6) is 0 Å². The lowest BCUT2D eigenvalue weighted by atomic mass is 10.2. The highest BCUT2D eigenvalue weighted by Crippen LogP contribution is 2.03. The van der Waals surface area contributed by atoms with Gasteiger partial charge in [-0.1, -0.05) is 18.2 Å². The van der Waals surface area contributed by atoms with Crippen molar-refractivity contribution in [3.8, 4) is 0 Å². The molecular weight excluding hydrogens is 237 g/mol. The Labute approximate surface area is 105 Å². The van der Waals surface area contributed by atoms with E-state index in [9.17, 15) is 14.0 Å². The van der Waals surface area contributed by atoms with Gasteiger partial charge in [-0.05, 0) is 6.07 Å². The average Bonchev–Trinajstić information content (AvgIpc) is 2.29. The normalized spacial score (nSPS) is 11.7. The van der Waals surface area contributed by atoms with Crippen molar-refractivity contribution < 1.29 is 18.9 Å². The first-order valence-corrected chi connectivity index (χ1v) is 5.59. The fourth-order valence-electron chi connectivity index (χ4n) is 1.51. The second-order valence-electron chi connectivity index (χ2n) is 4.13. The van der Waals surface area contributed by atoms with Gasteiger partial charge in [0, 0.05) is 12.5 Å². The molecule has 0 aliphatic heterocycles. The molecule has 0 aliphatic carbocycles. The van der Waals surface area contributed by atoms with E-state index in [0.29, 0.717) is 12.1 Å². The van der Waals surface area contributed by atoms with Gasteiger partial charge in [-0.2, -0.15) is 0 Å². The van der Waals surface area contributed by atoms with Crippen LogP contribution in [0.3, 0.4) is 0 Å². The summed E-state index contributed by atoms with van der Waals surface area (Å²) in [7, 11) is 1.78. The third kappa shape index (κ3) is 4.92. The first-order valence-electron chi connectivity index (χ1n) is 5.59. The minimum atomic E-state index is -0.338. The van der Waals surface area contributed by atoms with E-state index in [1.807, 2.05) is 0 Å². The molecule has 1 aromatic carbocycles. The second kappa shape index (κ2) is 6.70. The van der Waals surface area contributed by atoms with Gasteiger partial charge in [0.2, 0.25) is 5.91 Å². The van der Waals surface area contributed by atoms with Crippen LogP contribution in [0.4, 0.5) is 4.39 Å². The lowest BCUT2D eigenvalue weighted by molar-refractivity contribution is -0.885. The highest BCUT2D eigenvalue weighted by atomic mass is 19.1. The summed E-state index contributed by atoms with van der Waals surface area (Å²) in [5.41, 5.74) is 5.02. The number of hydrogen-bond donors (Lipinski definition) is 3. The van der Waals surface area contributed by atoms with Crippen molar-refractivity contribution in [2.45, 2.75) is 13.5 Å². The van der Waals surface area contributed by atoms with Crippen molar-refractivity contribution in [3.05, 3.63) is 35.6 Å². The third-order valence-corrected chi connectivity index (χ3v) is 2.29. The third-order valence-electron chi connectivity index (χ3n) is 2.29. The number of quaternary nitrogens is 1. The molecule has 0 heterocycles. The fraction of sp³-hybridized carbons (Fsp3) is 0.333. The molecule has 0 saturated carbocycles. The van der Waals surface area contributed by atoms with Gasteiger partial charge in [-0.15, -0.1) is 0 Å². The quantitative estimate of drug-likeness (QED) is 0.604. The van der Waals surface area contributed by atoms with Crippen molar-refractivity contribution >= 4 is 11.8 Å². The van der Waals surface area contributed by atoms with E-state index >= 15 is 0 Å². The number of rotatable bonds is 4. The Balaban J connectivity index is 2.42. The molecule has 0 radical (unpaired) electrons. The van der Waals surface area contributed by atoms with Crippen molar-refractivity contribution in [2.24, 2.45) is 0 Å². The maximum Gasteiger partial charge on any atom is 0.293 e. The summed E-state index contributed by atoms with van der Waals surface area (Å²) in [5.74, 6) is -0.937. The standard InChI is InChI=1S/C12H16FN3O2/c1-9(17)14-15-12(18)8-16(2)7-10-5-3-4-6-11(10)13/h3-6H,7-8H2,1-2H3,(H,14,17)(H,15,18)/p+1. The molecule has 0 bridgehead atoms. The predicted octanol–water partition coefficient (Wildman–Crippen LogP) is -0.992. The zero-order valence-corrected chi connectivity index (χ0v) is 10.4. The molecule has 1 atom stereocenters. The lowest BCUT2D eigenvalue weighted by Crippen LogP contribution is -3.09. The van der Waals surface area contributed by atoms with E-state index in [-0.39, 0.29) is 24.2 Å². The summed E-state index contributed by atoms with van der Waals surface area (Å²) in [6.07, 6.45) is 0. The zero-order valence-electron chi connectivity index (χ0n) is 10.4. The SMILES string of the molecule is CC(=O)NNC(=O)C[NH+](C)Cc1ccccc1F. The Kier molecular flexibility index (Phi) is 5.26. The first kappa shape index (κ1) is 14.1. The molecule has 1 rings (SSSR count). The summed E-state index contributed by atoms with van der Waals surface area (Å²) in [6.45, 7) is 1.85. The Morgan fingerprint density at radius 1 is 1.28 bits per heavy atom.